The first kappa shape index (κ1) is 27.9. The average Bonchev–Trinajstić information content (AvgIpc) is 3.27. The van der Waals surface area contributed by atoms with Gasteiger partial charge in [0.25, 0.3) is 0 Å². The van der Waals surface area contributed by atoms with Gasteiger partial charge in [-0.15, -0.1) is 5.10 Å². The van der Waals surface area contributed by atoms with E-state index in [0.717, 1.165) is 5.52 Å². The lowest BCUT2D eigenvalue weighted by Gasteiger charge is -2.34. The molecule has 0 saturated heterocycles. The summed E-state index contributed by atoms with van der Waals surface area (Å²) in [6, 6.07) is 11.7. The van der Waals surface area contributed by atoms with Gasteiger partial charge in [0.05, 0.1) is 19.7 Å². The standard InChI is InChI=1S/C27H37N5O5/c1-7-37-14-10-13-31(24(33)18-32-23-12-9-8-11-22(23)29-30-32)25(26(34)28-27(2,3)4)19-15-20(35-5)17-21(16-19)36-6/h8-9,11-12,15-17,25H,7,10,13-14,18H2,1-6H3,(H,28,34). The van der Waals surface area contributed by atoms with Crippen LogP contribution in [-0.2, 0) is 20.9 Å². The fourth-order valence-electron chi connectivity index (χ4n) is 4.03. The van der Waals surface area contributed by atoms with Gasteiger partial charge in [-0.2, -0.15) is 0 Å². The summed E-state index contributed by atoms with van der Waals surface area (Å²) in [6.45, 7) is 8.87. The highest BCUT2D eigenvalue weighted by atomic mass is 16.5. The van der Waals surface area contributed by atoms with E-state index in [0.29, 0.717) is 48.8 Å². The third kappa shape index (κ3) is 7.42. The van der Waals surface area contributed by atoms with E-state index in [2.05, 4.69) is 15.6 Å². The van der Waals surface area contributed by atoms with Crippen LogP contribution in [0.3, 0.4) is 0 Å². The van der Waals surface area contributed by atoms with Crippen molar-refractivity contribution in [2.24, 2.45) is 0 Å². The number of ether oxygens (including phenoxy) is 3. The van der Waals surface area contributed by atoms with Crippen molar-refractivity contribution in [1.29, 1.82) is 0 Å². The molecule has 1 unspecified atom stereocenters. The molecule has 1 atom stereocenters. The number of para-hydroxylation sites is 1. The highest BCUT2D eigenvalue weighted by Crippen LogP contribution is 2.31. The number of benzene rings is 2. The number of nitrogens with one attached hydrogen (secondary N) is 1. The summed E-state index contributed by atoms with van der Waals surface area (Å²) in [5, 5.41) is 11.4. The minimum atomic E-state index is -0.938. The second-order valence-corrected chi connectivity index (χ2v) is 9.66. The fourth-order valence-corrected chi connectivity index (χ4v) is 4.03. The van der Waals surface area contributed by atoms with Crippen molar-refractivity contribution in [3.8, 4) is 11.5 Å². The van der Waals surface area contributed by atoms with Gasteiger partial charge in [0, 0.05) is 31.4 Å². The normalized spacial score (nSPS) is 12.3. The van der Waals surface area contributed by atoms with Gasteiger partial charge in [-0.05, 0) is 63.9 Å². The molecule has 0 fully saturated rings. The minimum Gasteiger partial charge on any atom is -0.497 e. The lowest BCUT2D eigenvalue weighted by atomic mass is 10.0. The number of rotatable bonds is 12. The number of hydrogen-bond acceptors (Lipinski definition) is 7. The molecule has 0 spiro atoms. The highest BCUT2D eigenvalue weighted by molar-refractivity contribution is 5.89. The van der Waals surface area contributed by atoms with Crippen LogP contribution in [0.5, 0.6) is 11.5 Å². The summed E-state index contributed by atoms with van der Waals surface area (Å²) >= 11 is 0. The summed E-state index contributed by atoms with van der Waals surface area (Å²) in [5.74, 6) is 0.456. The molecule has 0 aliphatic carbocycles. The monoisotopic (exact) mass is 511 g/mol. The summed E-state index contributed by atoms with van der Waals surface area (Å²) in [5.41, 5.74) is 1.49. The van der Waals surface area contributed by atoms with Gasteiger partial charge in [0.2, 0.25) is 11.8 Å². The second kappa shape index (κ2) is 12.5. The largest absolute Gasteiger partial charge is 0.497 e. The van der Waals surface area contributed by atoms with E-state index < -0.39 is 11.6 Å². The van der Waals surface area contributed by atoms with Gasteiger partial charge in [-0.3, -0.25) is 9.59 Å². The van der Waals surface area contributed by atoms with Crippen LogP contribution in [-0.4, -0.2) is 71.2 Å². The number of aromatic nitrogens is 3. The summed E-state index contributed by atoms with van der Waals surface area (Å²) in [6.07, 6.45) is 0.554. The molecule has 0 bridgehead atoms. The predicted octanol–water partition coefficient (Wildman–Crippen LogP) is 3.36. The number of hydrogen-bond donors (Lipinski definition) is 1. The molecule has 1 aromatic heterocycles. The zero-order chi connectivity index (χ0) is 27.0. The van der Waals surface area contributed by atoms with Crippen LogP contribution in [0.15, 0.2) is 42.5 Å². The first-order chi connectivity index (χ1) is 17.7. The molecular formula is C27H37N5O5. The summed E-state index contributed by atoms with van der Waals surface area (Å²) < 4.78 is 18.0. The van der Waals surface area contributed by atoms with E-state index in [9.17, 15) is 9.59 Å². The molecule has 10 nitrogen and oxygen atoms in total. The molecule has 1 N–H and O–H groups in total. The van der Waals surface area contributed by atoms with Crippen molar-refractivity contribution in [3.05, 3.63) is 48.0 Å². The van der Waals surface area contributed by atoms with E-state index in [1.807, 2.05) is 52.0 Å². The maximum Gasteiger partial charge on any atom is 0.247 e. The lowest BCUT2D eigenvalue weighted by molar-refractivity contribution is -0.142. The molecule has 0 aliphatic heterocycles. The fraction of sp³-hybridized carbons (Fsp3) is 0.481. The second-order valence-electron chi connectivity index (χ2n) is 9.66. The third-order valence-corrected chi connectivity index (χ3v) is 5.67. The zero-order valence-corrected chi connectivity index (χ0v) is 22.5. The highest BCUT2D eigenvalue weighted by Gasteiger charge is 2.34. The van der Waals surface area contributed by atoms with E-state index >= 15 is 0 Å². The molecule has 2 amide bonds. The van der Waals surface area contributed by atoms with E-state index in [-0.39, 0.29) is 18.4 Å². The molecule has 3 aromatic rings. The van der Waals surface area contributed by atoms with Gasteiger partial charge in [0.15, 0.2) is 0 Å². The average molecular weight is 512 g/mol. The van der Waals surface area contributed by atoms with Crippen LogP contribution in [0, 0.1) is 0 Å². The van der Waals surface area contributed by atoms with Gasteiger partial charge in [-0.1, -0.05) is 17.3 Å². The Morgan fingerprint density at radius 2 is 1.76 bits per heavy atom. The Balaban J connectivity index is 2.05. The SMILES string of the molecule is CCOCCCN(C(=O)Cn1nnc2ccccc21)C(C(=O)NC(C)(C)C)c1cc(OC)cc(OC)c1. The first-order valence-electron chi connectivity index (χ1n) is 12.4. The van der Waals surface area contributed by atoms with Gasteiger partial charge < -0.3 is 24.4 Å². The van der Waals surface area contributed by atoms with Gasteiger partial charge in [0.1, 0.15) is 29.6 Å². The molecule has 2 aromatic carbocycles. The number of nitrogens with zero attached hydrogens (tertiary/aromatic N) is 4. The van der Waals surface area contributed by atoms with Crippen molar-refractivity contribution >= 4 is 22.8 Å². The van der Waals surface area contributed by atoms with Crippen LogP contribution in [0.2, 0.25) is 0 Å². The topological polar surface area (TPSA) is 108 Å². The molecule has 10 heteroatoms. The van der Waals surface area contributed by atoms with Crippen LogP contribution in [0.1, 0.15) is 45.7 Å². The third-order valence-electron chi connectivity index (χ3n) is 5.67. The molecule has 0 radical (unpaired) electrons. The molecule has 200 valence electrons. The maximum absolute atomic E-state index is 13.9. The van der Waals surface area contributed by atoms with Crippen molar-refractivity contribution in [2.75, 3.05) is 34.0 Å². The maximum atomic E-state index is 13.9. The lowest BCUT2D eigenvalue weighted by Crippen LogP contribution is -2.50. The van der Waals surface area contributed by atoms with Crippen LogP contribution in [0.4, 0.5) is 0 Å². The van der Waals surface area contributed by atoms with Gasteiger partial charge in [-0.25, -0.2) is 4.68 Å². The molecule has 1 heterocycles. The number of fused-ring (bicyclic) bond motifs is 1. The smallest absolute Gasteiger partial charge is 0.247 e. The molecule has 37 heavy (non-hydrogen) atoms. The summed E-state index contributed by atoms with van der Waals surface area (Å²) in [7, 11) is 3.09. The molecular weight excluding hydrogens is 474 g/mol. The van der Waals surface area contributed by atoms with Crippen molar-refractivity contribution < 1.29 is 23.8 Å². The van der Waals surface area contributed by atoms with E-state index in [1.54, 1.807) is 42.0 Å². The Hall–Kier alpha value is -3.66. The minimum absolute atomic E-state index is 0.0739. The Morgan fingerprint density at radius 1 is 1.08 bits per heavy atom. The quantitative estimate of drug-likeness (QED) is 0.372. The van der Waals surface area contributed by atoms with Crippen LogP contribution in [0.25, 0.3) is 11.0 Å². The number of carbonyl (C=O) groups excluding carboxylic acids is 2. The van der Waals surface area contributed by atoms with Crippen LogP contribution < -0.4 is 14.8 Å². The van der Waals surface area contributed by atoms with Gasteiger partial charge >= 0.3 is 0 Å². The Labute approximate surface area is 217 Å². The first-order valence-corrected chi connectivity index (χ1v) is 12.4. The van der Waals surface area contributed by atoms with Crippen LogP contribution >= 0.6 is 0 Å². The van der Waals surface area contributed by atoms with Crippen molar-refractivity contribution in [2.45, 2.75) is 52.2 Å². The van der Waals surface area contributed by atoms with Crippen molar-refractivity contribution in [1.82, 2.24) is 25.2 Å². The molecule has 3 rings (SSSR count). The van der Waals surface area contributed by atoms with E-state index in [1.165, 1.54) is 0 Å². The number of carbonyl (C=O) groups is 2. The predicted molar refractivity (Wildman–Crippen MR) is 141 cm³/mol. The molecule has 0 saturated carbocycles. The zero-order valence-electron chi connectivity index (χ0n) is 22.5. The summed E-state index contributed by atoms with van der Waals surface area (Å²) in [4.78, 5) is 29.2. The Bertz CT molecular complexity index is 1180. The van der Waals surface area contributed by atoms with E-state index in [4.69, 9.17) is 14.2 Å². The van der Waals surface area contributed by atoms with Crippen molar-refractivity contribution in [3.63, 3.8) is 0 Å². The number of amides is 2. The Kier molecular flexibility index (Phi) is 9.46. The number of methoxy groups -OCH3 is 2. The Morgan fingerprint density at radius 3 is 2.38 bits per heavy atom. The molecule has 0 aliphatic rings.